The molecule has 1 aromatic carbocycles. The average Bonchev–Trinajstić information content (AvgIpc) is 2.53. The first-order valence-corrected chi connectivity index (χ1v) is 8.99. The van der Waals surface area contributed by atoms with Gasteiger partial charge in [0.1, 0.15) is 0 Å². The maximum absolute atomic E-state index is 12.5. The van der Waals surface area contributed by atoms with Gasteiger partial charge >= 0.3 is 0 Å². The molecular weight excluding hydrogens is 382 g/mol. The van der Waals surface area contributed by atoms with Gasteiger partial charge in [0, 0.05) is 17.1 Å². The first kappa shape index (κ1) is 16.9. The van der Waals surface area contributed by atoms with E-state index in [0.29, 0.717) is 22.5 Å². The SMILES string of the molecule is O=c1c2cc(Cl)c(Br)cc2ncn1CCCC1NCCCC1O. The number of nitrogens with one attached hydrogen (secondary N) is 1. The minimum atomic E-state index is -0.286. The fraction of sp³-hybridized carbons (Fsp3) is 0.500. The molecule has 2 aromatic rings. The van der Waals surface area contributed by atoms with Crippen molar-refractivity contribution < 1.29 is 5.11 Å². The molecule has 1 saturated heterocycles. The molecule has 2 atom stereocenters. The molecule has 5 nitrogen and oxygen atoms in total. The van der Waals surface area contributed by atoms with Crippen molar-refractivity contribution in [3.8, 4) is 0 Å². The molecule has 23 heavy (non-hydrogen) atoms. The Hall–Kier alpha value is -0.950. The van der Waals surface area contributed by atoms with Gasteiger partial charge in [0.2, 0.25) is 0 Å². The van der Waals surface area contributed by atoms with Crippen LogP contribution in [0.1, 0.15) is 25.7 Å². The molecule has 3 rings (SSSR count). The van der Waals surface area contributed by atoms with Crippen LogP contribution in [0.15, 0.2) is 27.7 Å². The lowest BCUT2D eigenvalue weighted by Crippen LogP contribution is -2.44. The maximum Gasteiger partial charge on any atom is 0.261 e. The van der Waals surface area contributed by atoms with Gasteiger partial charge < -0.3 is 10.4 Å². The number of piperidine rings is 1. The summed E-state index contributed by atoms with van der Waals surface area (Å²) in [7, 11) is 0. The third-order valence-corrected chi connectivity index (χ3v) is 5.52. The number of hydrogen-bond acceptors (Lipinski definition) is 4. The number of aliphatic hydroxyl groups excluding tert-OH is 1. The highest BCUT2D eigenvalue weighted by Crippen LogP contribution is 2.25. The molecule has 1 aliphatic heterocycles. The van der Waals surface area contributed by atoms with Crippen LogP contribution in [0, 0.1) is 0 Å². The second-order valence-corrected chi connectivity index (χ2v) is 7.20. The lowest BCUT2D eigenvalue weighted by molar-refractivity contribution is 0.0908. The minimum Gasteiger partial charge on any atom is -0.392 e. The highest BCUT2D eigenvalue weighted by atomic mass is 79.9. The van der Waals surface area contributed by atoms with Crippen LogP contribution < -0.4 is 10.9 Å². The van der Waals surface area contributed by atoms with Gasteiger partial charge in [-0.05, 0) is 60.3 Å². The molecule has 1 aromatic heterocycles. The highest BCUT2D eigenvalue weighted by molar-refractivity contribution is 9.10. The van der Waals surface area contributed by atoms with Crippen molar-refractivity contribution in [2.45, 2.75) is 44.4 Å². The van der Waals surface area contributed by atoms with Crippen LogP contribution in [0.25, 0.3) is 10.9 Å². The molecule has 0 spiro atoms. The van der Waals surface area contributed by atoms with Gasteiger partial charge in [-0.3, -0.25) is 9.36 Å². The molecule has 2 N–H and O–H groups in total. The molecule has 2 heterocycles. The number of hydrogen-bond donors (Lipinski definition) is 2. The van der Waals surface area contributed by atoms with Crippen molar-refractivity contribution in [2.24, 2.45) is 0 Å². The van der Waals surface area contributed by atoms with E-state index in [1.807, 2.05) is 0 Å². The second-order valence-electron chi connectivity index (χ2n) is 5.94. The first-order valence-electron chi connectivity index (χ1n) is 7.82. The molecule has 0 aliphatic carbocycles. The zero-order chi connectivity index (χ0) is 16.4. The Kier molecular flexibility index (Phi) is 5.36. The molecule has 0 amide bonds. The van der Waals surface area contributed by atoms with Crippen molar-refractivity contribution in [1.29, 1.82) is 0 Å². The number of aliphatic hydroxyl groups is 1. The van der Waals surface area contributed by atoms with Crippen LogP contribution in [0.4, 0.5) is 0 Å². The summed E-state index contributed by atoms with van der Waals surface area (Å²) >= 11 is 9.41. The molecule has 124 valence electrons. The predicted molar refractivity (Wildman–Crippen MR) is 95.0 cm³/mol. The Labute approximate surface area is 147 Å². The van der Waals surface area contributed by atoms with E-state index in [2.05, 4.69) is 26.2 Å². The molecule has 1 fully saturated rings. The first-order chi connectivity index (χ1) is 11.1. The third kappa shape index (κ3) is 3.76. The van der Waals surface area contributed by atoms with Crippen molar-refractivity contribution in [3.63, 3.8) is 0 Å². The van der Waals surface area contributed by atoms with Crippen molar-refractivity contribution >= 4 is 38.4 Å². The highest BCUT2D eigenvalue weighted by Gasteiger charge is 2.21. The van der Waals surface area contributed by atoms with Gasteiger partial charge in [0.05, 0.1) is 28.4 Å². The number of halogens is 2. The molecule has 0 bridgehead atoms. The van der Waals surface area contributed by atoms with E-state index in [9.17, 15) is 9.90 Å². The molecule has 7 heteroatoms. The summed E-state index contributed by atoms with van der Waals surface area (Å²) in [4.78, 5) is 16.9. The maximum atomic E-state index is 12.5. The summed E-state index contributed by atoms with van der Waals surface area (Å²) in [6, 6.07) is 3.53. The van der Waals surface area contributed by atoms with Crippen molar-refractivity contribution in [1.82, 2.24) is 14.9 Å². The fourth-order valence-corrected chi connectivity index (χ4v) is 3.52. The normalized spacial score (nSPS) is 21.7. The Bertz CT molecular complexity index is 765. The summed E-state index contributed by atoms with van der Waals surface area (Å²) in [5, 5.41) is 14.3. The second kappa shape index (κ2) is 7.30. The van der Waals surface area contributed by atoms with E-state index in [0.717, 1.165) is 36.7 Å². The number of fused-ring (bicyclic) bond motifs is 1. The molecule has 1 aliphatic rings. The van der Waals surface area contributed by atoms with Gasteiger partial charge in [-0.1, -0.05) is 11.6 Å². The Balaban J connectivity index is 1.72. The van der Waals surface area contributed by atoms with Crippen LogP contribution >= 0.6 is 27.5 Å². The van der Waals surface area contributed by atoms with E-state index < -0.39 is 0 Å². The number of rotatable bonds is 4. The molecule has 0 radical (unpaired) electrons. The summed E-state index contributed by atoms with van der Waals surface area (Å²) in [5.74, 6) is 0. The lowest BCUT2D eigenvalue weighted by Gasteiger charge is -2.28. The standard InChI is InChI=1S/C16H19BrClN3O2/c17-11-8-14-10(7-12(11)18)16(23)21(9-20-14)6-2-3-13-15(22)4-1-5-19-13/h7-9,13,15,19,22H,1-6H2. The van der Waals surface area contributed by atoms with Gasteiger partial charge in [-0.15, -0.1) is 0 Å². The Morgan fingerprint density at radius 2 is 2.30 bits per heavy atom. The fourth-order valence-electron chi connectivity index (χ4n) is 3.02. The summed E-state index contributed by atoms with van der Waals surface area (Å²) < 4.78 is 2.34. The number of nitrogens with zero attached hydrogens (tertiary/aromatic N) is 2. The summed E-state index contributed by atoms with van der Waals surface area (Å²) in [5.41, 5.74) is 0.549. The van der Waals surface area contributed by atoms with Crippen LogP contribution in [0.2, 0.25) is 5.02 Å². The molecule has 0 saturated carbocycles. The average molecular weight is 401 g/mol. The van der Waals surface area contributed by atoms with Gasteiger partial charge in [-0.25, -0.2) is 4.98 Å². The van der Waals surface area contributed by atoms with Crippen molar-refractivity contribution in [2.75, 3.05) is 6.54 Å². The largest absolute Gasteiger partial charge is 0.392 e. The topological polar surface area (TPSA) is 67.2 Å². The number of aromatic nitrogens is 2. The van der Waals surface area contributed by atoms with Crippen LogP contribution in [-0.4, -0.2) is 33.3 Å². The van der Waals surface area contributed by atoms with Crippen LogP contribution in [0.3, 0.4) is 0 Å². The Morgan fingerprint density at radius 1 is 1.48 bits per heavy atom. The van der Waals surface area contributed by atoms with E-state index in [-0.39, 0.29) is 17.7 Å². The van der Waals surface area contributed by atoms with Crippen LogP contribution in [-0.2, 0) is 6.54 Å². The van der Waals surface area contributed by atoms with Gasteiger partial charge in [0.25, 0.3) is 5.56 Å². The van der Waals surface area contributed by atoms with E-state index in [1.165, 1.54) is 0 Å². The predicted octanol–water partition coefficient (Wildman–Crippen LogP) is 2.71. The monoisotopic (exact) mass is 399 g/mol. The zero-order valence-electron chi connectivity index (χ0n) is 12.6. The zero-order valence-corrected chi connectivity index (χ0v) is 15.0. The molecule has 2 unspecified atom stereocenters. The van der Waals surface area contributed by atoms with Crippen LogP contribution in [0.5, 0.6) is 0 Å². The molecular formula is C16H19BrClN3O2. The van der Waals surface area contributed by atoms with Crippen molar-refractivity contribution in [3.05, 3.63) is 38.3 Å². The number of benzene rings is 1. The lowest BCUT2D eigenvalue weighted by atomic mass is 9.97. The summed E-state index contributed by atoms with van der Waals surface area (Å²) in [6.07, 6.45) is 4.81. The van der Waals surface area contributed by atoms with Gasteiger partial charge in [0.15, 0.2) is 0 Å². The summed E-state index contributed by atoms with van der Waals surface area (Å²) in [6.45, 7) is 1.53. The van der Waals surface area contributed by atoms with E-state index in [1.54, 1.807) is 23.0 Å². The number of aryl methyl sites for hydroxylation is 1. The smallest absolute Gasteiger partial charge is 0.261 e. The third-order valence-electron chi connectivity index (χ3n) is 4.33. The van der Waals surface area contributed by atoms with Gasteiger partial charge in [-0.2, -0.15) is 0 Å². The van der Waals surface area contributed by atoms with E-state index >= 15 is 0 Å². The minimum absolute atomic E-state index is 0.0819. The Morgan fingerprint density at radius 3 is 3.09 bits per heavy atom. The van der Waals surface area contributed by atoms with E-state index in [4.69, 9.17) is 11.6 Å². The quantitative estimate of drug-likeness (QED) is 0.828.